The number of carbonyl (C=O) groups is 1. The number of piperidine rings is 1. The van der Waals surface area contributed by atoms with Crippen LogP contribution in [0.5, 0.6) is 0 Å². The van der Waals surface area contributed by atoms with Crippen LogP contribution in [0.2, 0.25) is 5.02 Å². The van der Waals surface area contributed by atoms with Gasteiger partial charge in [0.1, 0.15) is 0 Å². The minimum Gasteiger partial charge on any atom is -0.300 e. The predicted octanol–water partition coefficient (Wildman–Crippen LogP) is 4.18. The molecule has 1 aliphatic heterocycles. The van der Waals surface area contributed by atoms with Crippen LogP contribution in [-0.2, 0) is 0 Å². The molecular weight excluding hydrogens is 258 g/mol. The highest BCUT2D eigenvalue weighted by atomic mass is 35.5. The van der Waals surface area contributed by atoms with Crippen molar-refractivity contribution >= 4 is 17.4 Å². The van der Waals surface area contributed by atoms with E-state index in [4.69, 9.17) is 11.6 Å². The zero-order valence-electron chi connectivity index (χ0n) is 11.6. The predicted molar refractivity (Wildman–Crippen MR) is 79.9 cm³/mol. The molecule has 1 aromatic rings. The fourth-order valence-corrected chi connectivity index (χ4v) is 2.97. The van der Waals surface area contributed by atoms with Crippen molar-refractivity contribution in [3.05, 3.63) is 34.9 Å². The summed E-state index contributed by atoms with van der Waals surface area (Å²) >= 11 is 5.83. The van der Waals surface area contributed by atoms with Gasteiger partial charge in [0.25, 0.3) is 0 Å². The number of hydrogen-bond donors (Lipinski definition) is 0. The van der Waals surface area contributed by atoms with Crippen LogP contribution in [0.15, 0.2) is 24.3 Å². The Labute approximate surface area is 120 Å². The highest BCUT2D eigenvalue weighted by Gasteiger charge is 2.21. The molecule has 1 aromatic carbocycles. The maximum Gasteiger partial charge on any atom is 0.164 e. The van der Waals surface area contributed by atoms with Gasteiger partial charge in [-0.25, -0.2) is 0 Å². The normalized spacial score (nSPS) is 20.4. The number of halogens is 1. The summed E-state index contributed by atoms with van der Waals surface area (Å²) in [5.41, 5.74) is 0.773. The number of nitrogens with zero attached hydrogens (tertiary/aromatic N) is 1. The molecule has 3 heteroatoms. The van der Waals surface area contributed by atoms with Gasteiger partial charge >= 0.3 is 0 Å². The number of carbonyl (C=O) groups excluding carboxylic acids is 1. The molecule has 0 N–H and O–H groups in total. The van der Waals surface area contributed by atoms with Gasteiger partial charge in [0, 0.05) is 29.6 Å². The van der Waals surface area contributed by atoms with Crippen LogP contribution in [0.3, 0.4) is 0 Å². The standard InChI is InChI=1S/C16H22ClNO/c1-2-15-5-3-4-11-18(15)12-10-16(19)13-6-8-14(17)9-7-13/h6-9,15H,2-5,10-12H2,1H3. The first-order chi connectivity index (χ1) is 9.20. The van der Waals surface area contributed by atoms with Crippen molar-refractivity contribution in [1.29, 1.82) is 0 Å². The van der Waals surface area contributed by atoms with Crippen molar-refractivity contribution < 1.29 is 4.79 Å². The van der Waals surface area contributed by atoms with E-state index in [-0.39, 0.29) is 5.78 Å². The van der Waals surface area contributed by atoms with Crippen molar-refractivity contribution in [2.45, 2.75) is 45.1 Å². The first kappa shape index (κ1) is 14.5. The summed E-state index contributed by atoms with van der Waals surface area (Å²) in [6, 6.07) is 7.87. The van der Waals surface area contributed by atoms with Gasteiger partial charge < -0.3 is 0 Å². The van der Waals surface area contributed by atoms with Crippen LogP contribution < -0.4 is 0 Å². The molecule has 0 aromatic heterocycles. The van der Waals surface area contributed by atoms with Crippen LogP contribution in [0.1, 0.15) is 49.4 Å². The van der Waals surface area contributed by atoms with E-state index in [1.165, 1.54) is 25.7 Å². The Morgan fingerprint density at radius 3 is 2.74 bits per heavy atom. The van der Waals surface area contributed by atoms with Crippen LogP contribution in [-0.4, -0.2) is 29.8 Å². The summed E-state index contributed by atoms with van der Waals surface area (Å²) in [5.74, 6) is 0.220. The third kappa shape index (κ3) is 4.05. The number of Topliss-reactive ketones (excluding diaryl/α,β-unsaturated/α-hetero) is 1. The molecule has 1 saturated heterocycles. The SMILES string of the molecule is CCC1CCCCN1CCC(=O)c1ccc(Cl)cc1. The quantitative estimate of drug-likeness (QED) is 0.754. The number of hydrogen-bond acceptors (Lipinski definition) is 2. The minimum atomic E-state index is 0.220. The van der Waals surface area contributed by atoms with Crippen molar-refractivity contribution in [1.82, 2.24) is 4.90 Å². The topological polar surface area (TPSA) is 20.3 Å². The lowest BCUT2D eigenvalue weighted by Gasteiger charge is -2.35. The molecule has 1 atom stereocenters. The molecule has 0 aliphatic carbocycles. The zero-order chi connectivity index (χ0) is 13.7. The Hall–Kier alpha value is -0.860. The molecule has 0 radical (unpaired) electrons. The van der Waals surface area contributed by atoms with E-state index in [9.17, 15) is 4.79 Å². The summed E-state index contributed by atoms with van der Waals surface area (Å²) in [7, 11) is 0. The minimum absolute atomic E-state index is 0.220. The molecule has 1 aliphatic rings. The van der Waals surface area contributed by atoms with E-state index in [0.717, 1.165) is 18.7 Å². The van der Waals surface area contributed by atoms with Gasteiger partial charge in [-0.15, -0.1) is 0 Å². The van der Waals surface area contributed by atoms with Crippen molar-refractivity contribution in [2.24, 2.45) is 0 Å². The zero-order valence-corrected chi connectivity index (χ0v) is 12.3. The van der Waals surface area contributed by atoms with Gasteiger partial charge in [0.15, 0.2) is 5.78 Å². The summed E-state index contributed by atoms with van der Waals surface area (Å²) in [5, 5.41) is 0.679. The van der Waals surface area contributed by atoms with Gasteiger partial charge in [-0.3, -0.25) is 9.69 Å². The monoisotopic (exact) mass is 279 g/mol. The average Bonchev–Trinajstić information content (AvgIpc) is 2.45. The maximum atomic E-state index is 12.1. The molecule has 1 fully saturated rings. The Morgan fingerprint density at radius 2 is 2.05 bits per heavy atom. The number of ketones is 1. The third-order valence-electron chi connectivity index (χ3n) is 4.01. The van der Waals surface area contributed by atoms with Gasteiger partial charge in [0.05, 0.1) is 0 Å². The molecule has 19 heavy (non-hydrogen) atoms. The summed E-state index contributed by atoms with van der Waals surface area (Å²) in [6.45, 7) is 4.27. The van der Waals surface area contributed by atoms with E-state index in [1.807, 2.05) is 12.1 Å². The van der Waals surface area contributed by atoms with E-state index in [0.29, 0.717) is 17.5 Å². The van der Waals surface area contributed by atoms with Gasteiger partial charge in [-0.1, -0.05) is 24.9 Å². The van der Waals surface area contributed by atoms with Gasteiger partial charge in [-0.05, 0) is 50.1 Å². The molecule has 0 amide bonds. The highest BCUT2D eigenvalue weighted by Crippen LogP contribution is 2.20. The lowest BCUT2D eigenvalue weighted by Crippen LogP contribution is -2.40. The summed E-state index contributed by atoms with van der Waals surface area (Å²) < 4.78 is 0. The van der Waals surface area contributed by atoms with E-state index >= 15 is 0 Å². The number of likely N-dealkylation sites (tertiary alicyclic amines) is 1. The smallest absolute Gasteiger partial charge is 0.164 e. The second-order valence-corrected chi connectivity index (χ2v) is 5.71. The Kier molecular flexibility index (Phi) is 5.41. The Morgan fingerprint density at radius 1 is 1.32 bits per heavy atom. The molecule has 0 saturated carbocycles. The third-order valence-corrected chi connectivity index (χ3v) is 4.26. The van der Waals surface area contributed by atoms with Crippen molar-refractivity contribution in [2.75, 3.05) is 13.1 Å². The molecular formula is C16H22ClNO. The summed E-state index contributed by atoms with van der Waals surface area (Å²) in [4.78, 5) is 14.6. The lowest BCUT2D eigenvalue weighted by atomic mass is 9.99. The molecule has 2 rings (SSSR count). The first-order valence-electron chi connectivity index (χ1n) is 7.23. The van der Waals surface area contributed by atoms with Gasteiger partial charge in [-0.2, -0.15) is 0 Å². The van der Waals surface area contributed by atoms with E-state index in [2.05, 4.69) is 11.8 Å². The number of rotatable bonds is 5. The Bertz CT molecular complexity index is 415. The lowest BCUT2D eigenvalue weighted by molar-refractivity contribution is 0.0923. The highest BCUT2D eigenvalue weighted by molar-refractivity contribution is 6.30. The van der Waals surface area contributed by atoms with Crippen LogP contribution in [0.25, 0.3) is 0 Å². The molecule has 104 valence electrons. The molecule has 1 unspecified atom stereocenters. The molecule has 0 bridgehead atoms. The number of benzene rings is 1. The van der Waals surface area contributed by atoms with Crippen LogP contribution >= 0.6 is 11.6 Å². The van der Waals surface area contributed by atoms with Crippen LogP contribution in [0.4, 0.5) is 0 Å². The van der Waals surface area contributed by atoms with E-state index < -0.39 is 0 Å². The fourth-order valence-electron chi connectivity index (χ4n) is 2.84. The molecule has 1 heterocycles. The second-order valence-electron chi connectivity index (χ2n) is 5.27. The molecule has 0 spiro atoms. The molecule has 2 nitrogen and oxygen atoms in total. The van der Waals surface area contributed by atoms with E-state index in [1.54, 1.807) is 12.1 Å². The first-order valence-corrected chi connectivity index (χ1v) is 7.61. The van der Waals surface area contributed by atoms with Crippen molar-refractivity contribution in [3.8, 4) is 0 Å². The Balaban J connectivity index is 1.87. The van der Waals surface area contributed by atoms with Crippen molar-refractivity contribution in [3.63, 3.8) is 0 Å². The second kappa shape index (κ2) is 7.06. The summed E-state index contributed by atoms with van der Waals surface area (Å²) in [6.07, 6.45) is 5.69. The maximum absolute atomic E-state index is 12.1. The van der Waals surface area contributed by atoms with Crippen LogP contribution in [0, 0.1) is 0 Å². The fraction of sp³-hybridized carbons (Fsp3) is 0.562. The largest absolute Gasteiger partial charge is 0.300 e. The van der Waals surface area contributed by atoms with Gasteiger partial charge in [0.2, 0.25) is 0 Å². The average molecular weight is 280 g/mol.